The molecular weight excluding hydrogens is 498 g/mol. The SMILES string of the molecule is O=S(=O)(O)c1ccc(O)c(N=Nc2c(S(=O)(=O)O)cc3cc(Nc4ccccc4)ccc3c2O)c1. The normalized spacial score (nSPS) is 12.3. The second-order valence-corrected chi connectivity index (χ2v) is 10.1. The van der Waals surface area contributed by atoms with Crippen LogP contribution in [0.2, 0.25) is 0 Å². The molecule has 4 aromatic carbocycles. The molecule has 180 valence electrons. The van der Waals surface area contributed by atoms with Crippen molar-refractivity contribution >= 4 is 53.8 Å². The van der Waals surface area contributed by atoms with Crippen LogP contribution in [0.25, 0.3) is 10.8 Å². The Morgan fingerprint density at radius 2 is 1.43 bits per heavy atom. The lowest BCUT2D eigenvalue weighted by atomic mass is 10.1. The molecule has 0 heterocycles. The van der Waals surface area contributed by atoms with Crippen LogP contribution in [0.3, 0.4) is 0 Å². The molecule has 0 aliphatic rings. The van der Waals surface area contributed by atoms with Gasteiger partial charge in [0.25, 0.3) is 20.2 Å². The number of anilines is 2. The zero-order chi connectivity index (χ0) is 25.4. The molecule has 0 bridgehead atoms. The second-order valence-electron chi connectivity index (χ2n) is 7.30. The Kier molecular flexibility index (Phi) is 6.17. The molecular formula is C22H17N3O8S2. The van der Waals surface area contributed by atoms with Crippen LogP contribution in [0.15, 0.2) is 92.8 Å². The minimum Gasteiger partial charge on any atom is -0.506 e. The van der Waals surface area contributed by atoms with Crippen molar-refractivity contribution in [1.29, 1.82) is 0 Å². The molecule has 35 heavy (non-hydrogen) atoms. The molecule has 4 rings (SSSR count). The van der Waals surface area contributed by atoms with E-state index >= 15 is 0 Å². The first kappa shape index (κ1) is 24.1. The predicted octanol–water partition coefficient (Wildman–Crippen LogP) is 4.90. The molecule has 0 atom stereocenters. The molecule has 0 spiro atoms. The first-order chi connectivity index (χ1) is 16.4. The average molecular weight is 516 g/mol. The lowest BCUT2D eigenvalue weighted by Crippen LogP contribution is -1.99. The maximum Gasteiger partial charge on any atom is 0.296 e. The van der Waals surface area contributed by atoms with E-state index in [2.05, 4.69) is 15.5 Å². The van der Waals surface area contributed by atoms with E-state index in [9.17, 15) is 36.2 Å². The summed E-state index contributed by atoms with van der Waals surface area (Å²) in [6.07, 6.45) is 0. The van der Waals surface area contributed by atoms with Crippen molar-refractivity contribution < 1.29 is 36.2 Å². The van der Waals surface area contributed by atoms with Gasteiger partial charge in [0.05, 0.1) is 4.90 Å². The number of nitrogens with one attached hydrogen (secondary N) is 1. The van der Waals surface area contributed by atoms with Gasteiger partial charge in [-0.1, -0.05) is 18.2 Å². The number of rotatable bonds is 6. The molecule has 11 nitrogen and oxygen atoms in total. The number of aromatic hydroxyl groups is 2. The van der Waals surface area contributed by atoms with E-state index in [-0.39, 0.29) is 10.8 Å². The van der Waals surface area contributed by atoms with Crippen molar-refractivity contribution in [3.8, 4) is 11.5 Å². The van der Waals surface area contributed by atoms with E-state index in [0.29, 0.717) is 5.69 Å². The van der Waals surface area contributed by atoms with Crippen molar-refractivity contribution in [2.45, 2.75) is 9.79 Å². The third kappa shape index (κ3) is 5.22. The van der Waals surface area contributed by atoms with Gasteiger partial charge in [-0.05, 0) is 60.0 Å². The number of nitrogens with zero attached hydrogens (tertiary/aromatic N) is 2. The minimum atomic E-state index is -4.90. The highest BCUT2D eigenvalue weighted by Crippen LogP contribution is 2.43. The summed E-state index contributed by atoms with van der Waals surface area (Å²) in [6, 6.07) is 17.6. The van der Waals surface area contributed by atoms with Crippen LogP contribution in [-0.2, 0) is 20.2 Å². The summed E-state index contributed by atoms with van der Waals surface area (Å²) >= 11 is 0. The Morgan fingerprint density at radius 3 is 2.09 bits per heavy atom. The highest BCUT2D eigenvalue weighted by atomic mass is 32.2. The fourth-order valence-corrected chi connectivity index (χ4v) is 4.42. The van der Waals surface area contributed by atoms with Gasteiger partial charge in [-0.25, -0.2) is 0 Å². The molecule has 0 radical (unpaired) electrons. The van der Waals surface area contributed by atoms with Gasteiger partial charge in [0, 0.05) is 16.8 Å². The maximum atomic E-state index is 12.1. The molecule has 4 aromatic rings. The van der Waals surface area contributed by atoms with E-state index < -0.39 is 52.9 Å². The Balaban J connectivity index is 1.84. The second kappa shape index (κ2) is 8.96. The molecule has 0 saturated heterocycles. The van der Waals surface area contributed by atoms with Crippen molar-refractivity contribution in [2.75, 3.05) is 5.32 Å². The standard InChI is InChI=1S/C22H17N3O8S2/c26-19-9-7-16(34(28,29)30)12-18(19)24-25-21-20(35(31,32)33)11-13-10-15(6-8-17(13)22(21)27)23-14-4-2-1-3-5-14/h1-12,23,26-27H,(H,28,29,30)(H,31,32,33). The van der Waals surface area contributed by atoms with Crippen LogP contribution in [0.1, 0.15) is 0 Å². The first-order valence-electron chi connectivity index (χ1n) is 9.75. The Bertz CT molecular complexity index is 1690. The summed E-state index contributed by atoms with van der Waals surface area (Å²) in [5.74, 6) is -1.16. The lowest BCUT2D eigenvalue weighted by molar-refractivity contribution is 0.471. The van der Waals surface area contributed by atoms with Crippen LogP contribution in [-0.4, -0.2) is 36.2 Å². The largest absolute Gasteiger partial charge is 0.506 e. The topological polar surface area (TPSA) is 186 Å². The van der Waals surface area contributed by atoms with Crippen LogP contribution in [0, 0.1) is 0 Å². The van der Waals surface area contributed by atoms with Crippen LogP contribution >= 0.6 is 0 Å². The van der Waals surface area contributed by atoms with Gasteiger partial charge in [-0.3, -0.25) is 9.11 Å². The van der Waals surface area contributed by atoms with Gasteiger partial charge >= 0.3 is 0 Å². The molecule has 13 heteroatoms. The molecule has 0 aliphatic carbocycles. The number of para-hydroxylation sites is 1. The molecule has 0 unspecified atom stereocenters. The van der Waals surface area contributed by atoms with Gasteiger partial charge in [-0.2, -0.15) is 16.8 Å². The van der Waals surface area contributed by atoms with Crippen molar-refractivity contribution in [2.24, 2.45) is 10.2 Å². The van der Waals surface area contributed by atoms with Crippen LogP contribution in [0.4, 0.5) is 22.7 Å². The quantitative estimate of drug-likeness (QED) is 0.176. The fourth-order valence-electron chi connectivity index (χ4n) is 3.26. The lowest BCUT2D eigenvalue weighted by Gasteiger charge is -2.11. The van der Waals surface area contributed by atoms with E-state index in [1.807, 2.05) is 30.3 Å². The smallest absolute Gasteiger partial charge is 0.296 e. The van der Waals surface area contributed by atoms with E-state index in [1.54, 1.807) is 12.1 Å². The number of azo groups is 1. The van der Waals surface area contributed by atoms with Gasteiger partial charge in [0.2, 0.25) is 0 Å². The third-order valence-corrected chi connectivity index (χ3v) is 6.61. The summed E-state index contributed by atoms with van der Waals surface area (Å²) in [6.45, 7) is 0. The summed E-state index contributed by atoms with van der Waals surface area (Å²) < 4.78 is 65.7. The third-order valence-electron chi connectivity index (χ3n) is 4.89. The zero-order valence-corrected chi connectivity index (χ0v) is 19.2. The monoisotopic (exact) mass is 515 g/mol. The zero-order valence-electron chi connectivity index (χ0n) is 17.6. The first-order valence-corrected chi connectivity index (χ1v) is 12.6. The summed E-state index contributed by atoms with van der Waals surface area (Å²) in [4.78, 5) is -1.37. The molecule has 0 amide bonds. The van der Waals surface area contributed by atoms with Gasteiger partial charge in [0.15, 0.2) is 5.75 Å². The van der Waals surface area contributed by atoms with Gasteiger partial charge < -0.3 is 15.5 Å². The summed E-state index contributed by atoms with van der Waals surface area (Å²) in [5.41, 5.74) is 0.262. The number of hydrogen-bond donors (Lipinski definition) is 5. The van der Waals surface area contributed by atoms with E-state index in [1.165, 1.54) is 6.07 Å². The Hall–Kier alpha value is -4.04. The number of phenols is 2. The van der Waals surface area contributed by atoms with Crippen LogP contribution < -0.4 is 5.32 Å². The number of hydrogen-bond acceptors (Lipinski definition) is 9. The summed E-state index contributed by atoms with van der Waals surface area (Å²) in [7, 11) is -9.52. The molecule has 0 fully saturated rings. The van der Waals surface area contributed by atoms with Crippen LogP contribution in [0.5, 0.6) is 11.5 Å². The van der Waals surface area contributed by atoms with Crippen molar-refractivity contribution in [3.05, 3.63) is 72.8 Å². The average Bonchev–Trinajstić information content (AvgIpc) is 2.78. The summed E-state index contributed by atoms with van der Waals surface area (Å²) in [5, 5.41) is 31.5. The Morgan fingerprint density at radius 1 is 0.714 bits per heavy atom. The molecule has 5 N–H and O–H groups in total. The molecule has 0 saturated carbocycles. The maximum absolute atomic E-state index is 12.1. The highest BCUT2D eigenvalue weighted by Gasteiger charge is 2.22. The van der Waals surface area contributed by atoms with Gasteiger partial charge in [-0.15, -0.1) is 10.2 Å². The number of fused-ring (bicyclic) bond motifs is 1. The fraction of sp³-hybridized carbons (Fsp3) is 0. The van der Waals surface area contributed by atoms with Gasteiger partial charge in [0.1, 0.15) is 22.0 Å². The number of phenolic OH excluding ortho intramolecular Hbond substituents is 2. The number of benzene rings is 4. The molecule has 0 aromatic heterocycles. The van der Waals surface area contributed by atoms with Crippen molar-refractivity contribution in [3.63, 3.8) is 0 Å². The Labute approximate surface area is 199 Å². The van der Waals surface area contributed by atoms with E-state index in [4.69, 9.17) is 0 Å². The minimum absolute atomic E-state index is 0.181. The van der Waals surface area contributed by atoms with Crippen molar-refractivity contribution in [1.82, 2.24) is 0 Å². The van der Waals surface area contributed by atoms with E-state index in [0.717, 1.165) is 30.0 Å². The predicted molar refractivity (Wildman–Crippen MR) is 127 cm³/mol. The highest BCUT2D eigenvalue weighted by molar-refractivity contribution is 7.86. The molecule has 0 aliphatic heterocycles.